The molecule has 0 aliphatic carbocycles. The van der Waals surface area contributed by atoms with Crippen molar-refractivity contribution in [3.63, 3.8) is 0 Å². The molecule has 0 saturated heterocycles. The number of nitrogens with zero attached hydrogens (tertiary/aromatic N) is 1. The fourth-order valence-corrected chi connectivity index (χ4v) is 1.68. The van der Waals surface area contributed by atoms with Crippen molar-refractivity contribution in [2.45, 2.75) is 6.54 Å². The molecule has 0 radical (unpaired) electrons. The van der Waals surface area contributed by atoms with Crippen molar-refractivity contribution in [1.82, 2.24) is 15.5 Å². The van der Waals surface area contributed by atoms with Crippen molar-refractivity contribution < 1.29 is 4.79 Å². The Balaban J connectivity index is 2.08. The molecule has 2 rings (SSSR count). The molecule has 106 valence electrons. The molecule has 6 nitrogen and oxygen atoms in total. The summed E-state index contributed by atoms with van der Waals surface area (Å²) in [6, 6.07) is 10.1. The summed E-state index contributed by atoms with van der Waals surface area (Å²) in [6.45, 7) is 0.594. The Bertz CT molecular complexity index is 736. The van der Waals surface area contributed by atoms with Crippen molar-refractivity contribution in [3.05, 3.63) is 63.6 Å². The van der Waals surface area contributed by atoms with Gasteiger partial charge in [0.2, 0.25) is 0 Å². The van der Waals surface area contributed by atoms with Crippen LogP contribution in [0.15, 0.2) is 41.2 Å². The number of aromatic nitrogens is 2. The number of benzene rings is 1. The minimum Gasteiger partial charge on any atom is -0.347 e. The molecular weight excluding hydrogens is 268 g/mol. The molecular formula is C15H14N4O2. The lowest BCUT2D eigenvalue weighted by Gasteiger charge is -2.06. The first-order valence-electron chi connectivity index (χ1n) is 6.31. The Kier molecular flexibility index (Phi) is 4.85. The van der Waals surface area contributed by atoms with Gasteiger partial charge in [0.25, 0.3) is 11.5 Å². The average molecular weight is 282 g/mol. The Morgan fingerprint density at radius 3 is 2.81 bits per heavy atom. The van der Waals surface area contributed by atoms with Gasteiger partial charge in [-0.15, -0.1) is 0 Å². The van der Waals surface area contributed by atoms with E-state index in [0.29, 0.717) is 6.54 Å². The number of H-pyrrole nitrogens is 1. The summed E-state index contributed by atoms with van der Waals surface area (Å²) in [5, 5.41) is 8.61. The maximum Gasteiger partial charge on any atom is 0.271 e. The topological polar surface area (TPSA) is 101 Å². The number of nitrogens with one attached hydrogen (secondary N) is 2. The first kappa shape index (κ1) is 14.5. The van der Waals surface area contributed by atoms with Crippen LogP contribution in [0.2, 0.25) is 0 Å². The minimum absolute atomic E-state index is 0.153. The van der Waals surface area contributed by atoms with Crippen LogP contribution in [0.4, 0.5) is 0 Å². The van der Waals surface area contributed by atoms with Gasteiger partial charge < -0.3 is 11.1 Å². The second kappa shape index (κ2) is 7.03. The van der Waals surface area contributed by atoms with Crippen LogP contribution in [0.25, 0.3) is 0 Å². The van der Waals surface area contributed by atoms with Gasteiger partial charge in [-0.25, -0.2) is 5.10 Å². The van der Waals surface area contributed by atoms with E-state index in [1.165, 1.54) is 12.1 Å². The molecule has 1 aromatic heterocycles. The van der Waals surface area contributed by atoms with Crippen molar-refractivity contribution >= 4 is 5.91 Å². The monoisotopic (exact) mass is 282 g/mol. The van der Waals surface area contributed by atoms with E-state index in [4.69, 9.17) is 5.73 Å². The molecule has 0 atom stereocenters. The third-order valence-electron chi connectivity index (χ3n) is 2.69. The van der Waals surface area contributed by atoms with E-state index in [1.54, 1.807) is 0 Å². The lowest BCUT2D eigenvalue weighted by Crippen LogP contribution is -2.25. The molecule has 0 unspecified atom stereocenters. The molecule has 2 aromatic rings. The SMILES string of the molecule is NCC#Cc1ccccc1CNC(=O)c1ccc(=O)[nH]n1. The molecule has 21 heavy (non-hydrogen) atoms. The second-order valence-electron chi connectivity index (χ2n) is 4.15. The summed E-state index contributed by atoms with van der Waals surface area (Å²) < 4.78 is 0. The molecule has 0 bridgehead atoms. The molecule has 0 aliphatic rings. The van der Waals surface area contributed by atoms with E-state index in [2.05, 4.69) is 27.4 Å². The third-order valence-corrected chi connectivity index (χ3v) is 2.69. The Hall–Kier alpha value is -2.91. The molecule has 0 fully saturated rings. The summed E-state index contributed by atoms with van der Waals surface area (Å²) in [6.07, 6.45) is 0. The first-order chi connectivity index (χ1) is 10.2. The number of nitrogens with two attached hydrogens (primary N) is 1. The Labute approximate surface area is 121 Å². The van der Waals surface area contributed by atoms with Crippen LogP contribution in [0.5, 0.6) is 0 Å². The third kappa shape index (κ3) is 4.03. The summed E-state index contributed by atoms with van der Waals surface area (Å²) >= 11 is 0. The van der Waals surface area contributed by atoms with Gasteiger partial charge in [0.05, 0.1) is 6.54 Å². The van der Waals surface area contributed by atoms with Crippen LogP contribution in [0, 0.1) is 11.8 Å². The number of hydrogen-bond acceptors (Lipinski definition) is 4. The van der Waals surface area contributed by atoms with Gasteiger partial charge >= 0.3 is 0 Å². The van der Waals surface area contributed by atoms with Crippen molar-refractivity contribution in [2.75, 3.05) is 6.54 Å². The van der Waals surface area contributed by atoms with Gasteiger partial charge in [-0.3, -0.25) is 9.59 Å². The maximum atomic E-state index is 11.9. The summed E-state index contributed by atoms with van der Waals surface area (Å²) in [7, 11) is 0. The van der Waals surface area contributed by atoms with Crippen LogP contribution in [0.1, 0.15) is 21.6 Å². The molecule has 0 aliphatic heterocycles. The summed E-state index contributed by atoms with van der Waals surface area (Å²) in [5.41, 5.74) is 6.86. The number of carbonyl (C=O) groups excluding carboxylic acids is 1. The van der Waals surface area contributed by atoms with Crippen LogP contribution in [-0.2, 0) is 6.54 Å². The van der Waals surface area contributed by atoms with Gasteiger partial charge in [0, 0.05) is 18.2 Å². The van der Waals surface area contributed by atoms with Crippen molar-refractivity contribution in [2.24, 2.45) is 5.73 Å². The first-order valence-corrected chi connectivity index (χ1v) is 6.31. The predicted molar refractivity (Wildman–Crippen MR) is 78.4 cm³/mol. The van der Waals surface area contributed by atoms with Crippen LogP contribution in [-0.4, -0.2) is 22.6 Å². The van der Waals surface area contributed by atoms with Gasteiger partial charge in [0.1, 0.15) is 5.69 Å². The largest absolute Gasteiger partial charge is 0.347 e. The van der Waals surface area contributed by atoms with E-state index >= 15 is 0 Å². The van der Waals surface area contributed by atoms with Crippen LogP contribution >= 0.6 is 0 Å². The van der Waals surface area contributed by atoms with E-state index in [0.717, 1.165) is 11.1 Å². The molecule has 0 saturated carbocycles. The fraction of sp³-hybridized carbons (Fsp3) is 0.133. The zero-order valence-electron chi connectivity index (χ0n) is 11.2. The predicted octanol–water partition coefficient (Wildman–Crippen LogP) is 0.0101. The highest BCUT2D eigenvalue weighted by atomic mass is 16.2. The highest BCUT2D eigenvalue weighted by molar-refractivity contribution is 5.91. The van der Waals surface area contributed by atoms with E-state index in [-0.39, 0.29) is 23.7 Å². The zero-order chi connectivity index (χ0) is 15.1. The zero-order valence-corrected chi connectivity index (χ0v) is 11.2. The second-order valence-corrected chi connectivity index (χ2v) is 4.15. The highest BCUT2D eigenvalue weighted by Gasteiger charge is 2.07. The minimum atomic E-state index is -0.368. The number of hydrogen-bond donors (Lipinski definition) is 3. The maximum absolute atomic E-state index is 11.9. The molecule has 0 spiro atoms. The van der Waals surface area contributed by atoms with E-state index in [1.807, 2.05) is 24.3 Å². The lowest BCUT2D eigenvalue weighted by atomic mass is 10.1. The average Bonchev–Trinajstić information content (AvgIpc) is 2.52. The Morgan fingerprint density at radius 2 is 2.10 bits per heavy atom. The Morgan fingerprint density at radius 1 is 1.29 bits per heavy atom. The van der Waals surface area contributed by atoms with Gasteiger partial charge in [-0.05, 0) is 17.7 Å². The molecule has 1 amide bonds. The summed E-state index contributed by atoms with van der Waals surface area (Å²) in [4.78, 5) is 22.8. The number of carbonyl (C=O) groups is 1. The fourth-order valence-electron chi connectivity index (χ4n) is 1.68. The standard InChI is InChI=1S/C15H14N4O2/c16-9-3-6-11-4-1-2-5-12(11)10-17-15(21)13-7-8-14(20)19-18-13/h1-2,4-5,7-8H,9-10,16H2,(H,17,21)(H,19,20). The molecule has 1 aromatic carbocycles. The summed E-state index contributed by atoms with van der Waals surface area (Å²) in [5.74, 6) is 5.37. The highest BCUT2D eigenvalue weighted by Crippen LogP contribution is 2.07. The molecule has 6 heteroatoms. The van der Waals surface area contributed by atoms with Crippen LogP contribution < -0.4 is 16.6 Å². The van der Waals surface area contributed by atoms with Gasteiger partial charge in [0.15, 0.2) is 0 Å². The number of amides is 1. The molecule has 4 N–H and O–H groups in total. The number of rotatable bonds is 3. The van der Waals surface area contributed by atoms with Gasteiger partial charge in [-0.2, -0.15) is 5.10 Å². The van der Waals surface area contributed by atoms with Crippen molar-refractivity contribution in [1.29, 1.82) is 0 Å². The molecule has 1 heterocycles. The van der Waals surface area contributed by atoms with E-state index in [9.17, 15) is 9.59 Å². The number of aromatic amines is 1. The smallest absolute Gasteiger partial charge is 0.271 e. The van der Waals surface area contributed by atoms with E-state index < -0.39 is 0 Å². The van der Waals surface area contributed by atoms with Crippen LogP contribution in [0.3, 0.4) is 0 Å². The van der Waals surface area contributed by atoms with Gasteiger partial charge in [-0.1, -0.05) is 30.0 Å². The normalized spacial score (nSPS) is 9.57. The van der Waals surface area contributed by atoms with Crippen molar-refractivity contribution in [3.8, 4) is 11.8 Å². The lowest BCUT2D eigenvalue weighted by molar-refractivity contribution is 0.0945. The quantitative estimate of drug-likeness (QED) is 0.690.